The molecule has 0 bridgehead atoms. The number of ether oxygens (including phenoxy) is 2. The minimum atomic E-state index is -1.25. The number of fused-ring (bicyclic) bond motifs is 3. The van der Waals surface area contributed by atoms with Crippen LogP contribution < -0.4 is 20.1 Å². The van der Waals surface area contributed by atoms with Gasteiger partial charge in [0.25, 0.3) is 0 Å². The molecule has 0 spiro atoms. The number of methoxy groups -OCH3 is 1. The van der Waals surface area contributed by atoms with Crippen LogP contribution in [0.5, 0.6) is 11.6 Å². The summed E-state index contributed by atoms with van der Waals surface area (Å²) in [4.78, 5) is 19.6. The molecule has 2 aromatic rings. The molecule has 1 saturated carbocycles. The number of hydrogen-bond acceptors (Lipinski definition) is 7. The summed E-state index contributed by atoms with van der Waals surface area (Å²) in [6.45, 7) is 0.0961. The SMILES string of the molecule is COc1ccc2ncc3c(c2n1)NC(O)(C1CCC(NC(=O)O)CC1)CO3. The molecule has 9 nitrogen and oxygen atoms in total. The summed E-state index contributed by atoms with van der Waals surface area (Å²) >= 11 is 0. The second kappa shape index (κ2) is 6.73. The average molecular weight is 374 g/mol. The fourth-order valence-electron chi connectivity index (χ4n) is 3.93. The molecule has 9 heteroatoms. The lowest BCUT2D eigenvalue weighted by atomic mass is 9.79. The molecule has 2 aromatic heterocycles. The van der Waals surface area contributed by atoms with Crippen LogP contribution in [0, 0.1) is 5.92 Å². The molecule has 2 aliphatic rings. The lowest BCUT2D eigenvalue weighted by Crippen LogP contribution is -2.54. The van der Waals surface area contributed by atoms with E-state index in [1.807, 2.05) is 0 Å². The molecule has 1 unspecified atom stereocenters. The highest BCUT2D eigenvalue weighted by Crippen LogP contribution is 2.42. The van der Waals surface area contributed by atoms with Crippen LogP contribution in [0.4, 0.5) is 10.5 Å². The van der Waals surface area contributed by atoms with Gasteiger partial charge in [0.2, 0.25) is 5.88 Å². The summed E-state index contributed by atoms with van der Waals surface area (Å²) in [7, 11) is 1.54. The number of carboxylic acid groups (broad SMARTS) is 1. The van der Waals surface area contributed by atoms with E-state index < -0.39 is 11.8 Å². The van der Waals surface area contributed by atoms with E-state index in [4.69, 9.17) is 14.6 Å². The number of nitrogens with one attached hydrogen (secondary N) is 2. The number of nitrogens with zero attached hydrogens (tertiary/aromatic N) is 2. The monoisotopic (exact) mass is 374 g/mol. The zero-order valence-electron chi connectivity index (χ0n) is 14.9. The molecular weight excluding hydrogens is 352 g/mol. The van der Waals surface area contributed by atoms with E-state index in [0.29, 0.717) is 54.0 Å². The molecule has 144 valence electrons. The predicted octanol–water partition coefficient (Wildman–Crippen LogP) is 1.96. The average Bonchev–Trinajstić information content (AvgIpc) is 2.67. The summed E-state index contributed by atoms with van der Waals surface area (Å²) in [6, 6.07) is 3.46. The van der Waals surface area contributed by atoms with Gasteiger partial charge < -0.3 is 30.3 Å². The predicted molar refractivity (Wildman–Crippen MR) is 97.1 cm³/mol. The minimum Gasteiger partial charge on any atom is -0.485 e. The van der Waals surface area contributed by atoms with Crippen molar-refractivity contribution in [2.45, 2.75) is 37.5 Å². The van der Waals surface area contributed by atoms with Gasteiger partial charge in [0.15, 0.2) is 11.5 Å². The van der Waals surface area contributed by atoms with E-state index in [1.54, 1.807) is 25.4 Å². The third-order valence-electron chi connectivity index (χ3n) is 5.38. The highest BCUT2D eigenvalue weighted by molar-refractivity contribution is 5.91. The molecule has 1 amide bonds. The fraction of sp³-hybridized carbons (Fsp3) is 0.500. The Bertz CT molecular complexity index is 863. The topological polar surface area (TPSA) is 126 Å². The largest absolute Gasteiger partial charge is 0.485 e. The first-order chi connectivity index (χ1) is 13.0. The Labute approximate surface area is 155 Å². The zero-order chi connectivity index (χ0) is 19.0. The lowest BCUT2D eigenvalue weighted by molar-refractivity contribution is -0.0506. The van der Waals surface area contributed by atoms with Gasteiger partial charge in [-0.3, -0.25) is 4.98 Å². The molecule has 1 aliphatic carbocycles. The van der Waals surface area contributed by atoms with Crippen LogP contribution in [-0.4, -0.2) is 51.8 Å². The van der Waals surface area contributed by atoms with Crippen LogP contribution in [0.25, 0.3) is 11.0 Å². The van der Waals surface area contributed by atoms with E-state index in [1.165, 1.54) is 0 Å². The van der Waals surface area contributed by atoms with Crippen LogP contribution in [0.2, 0.25) is 0 Å². The van der Waals surface area contributed by atoms with Crippen molar-refractivity contribution in [2.24, 2.45) is 5.92 Å². The number of anilines is 1. The molecule has 1 atom stereocenters. The number of aromatic nitrogens is 2. The summed E-state index contributed by atoms with van der Waals surface area (Å²) in [6.07, 6.45) is 3.34. The van der Waals surface area contributed by atoms with Crippen LogP contribution in [0.3, 0.4) is 0 Å². The smallest absolute Gasteiger partial charge is 0.404 e. The van der Waals surface area contributed by atoms with Crippen LogP contribution in [-0.2, 0) is 0 Å². The Kier molecular flexibility index (Phi) is 4.39. The Balaban J connectivity index is 1.58. The Morgan fingerprint density at radius 3 is 2.85 bits per heavy atom. The van der Waals surface area contributed by atoms with Gasteiger partial charge >= 0.3 is 6.09 Å². The van der Waals surface area contributed by atoms with E-state index in [9.17, 15) is 9.90 Å². The van der Waals surface area contributed by atoms with Crippen molar-refractivity contribution in [3.63, 3.8) is 0 Å². The third-order valence-corrected chi connectivity index (χ3v) is 5.38. The maximum absolute atomic E-state index is 11.2. The van der Waals surface area contributed by atoms with Crippen LogP contribution in [0.1, 0.15) is 25.7 Å². The number of carbonyl (C=O) groups is 1. The van der Waals surface area contributed by atoms with Gasteiger partial charge in [0.1, 0.15) is 17.8 Å². The van der Waals surface area contributed by atoms with E-state index in [2.05, 4.69) is 20.6 Å². The molecular formula is C18H22N4O5. The van der Waals surface area contributed by atoms with E-state index in [0.717, 1.165) is 0 Å². The van der Waals surface area contributed by atoms with Gasteiger partial charge in [-0.05, 0) is 31.7 Å². The number of pyridine rings is 2. The van der Waals surface area contributed by atoms with Gasteiger partial charge in [-0.15, -0.1) is 0 Å². The summed E-state index contributed by atoms with van der Waals surface area (Å²) in [5.74, 6) is 0.925. The van der Waals surface area contributed by atoms with Gasteiger partial charge in [-0.1, -0.05) is 0 Å². The molecule has 3 heterocycles. The molecule has 4 N–H and O–H groups in total. The summed E-state index contributed by atoms with van der Waals surface area (Å²) in [5, 5.41) is 25.9. The van der Waals surface area contributed by atoms with Gasteiger partial charge in [-0.25, -0.2) is 9.78 Å². The molecule has 1 aliphatic heterocycles. The van der Waals surface area contributed by atoms with Crippen molar-refractivity contribution >= 4 is 22.8 Å². The van der Waals surface area contributed by atoms with Crippen LogP contribution >= 0.6 is 0 Å². The van der Waals surface area contributed by atoms with E-state index >= 15 is 0 Å². The zero-order valence-corrected chi connectivity index (χ0v) is 14.9. The second-order valence-electron chi connectivity index (χ2n) is 7.05. The van der Waals surface area contributed by atoms with Gasteiger partial charge in [0, 0.05) is 18.0 Å². The number of amides is 1. The number of aliphatic hydroxyl groups is 1. The number of rotatable bonds is 3. The molecule has 27 heavy (non-hydrogen) atoms. The van der Waals surface area contributed by atoms with Crippen molar-refractivity contribution in [1.82, 2.24) is 15.3 Å². The Hall–Kier alpha value is -2.81. The van der Waals surface area contributed by atoms with E-state index in [-0.39, 0.29) is 18.6 Å². The van der Waals surface area contributed by atoms with Gasteiger partial charge in [-0.2, -0.15) is 0 Å². The lowest BCUT2D eigenvalue weighted by Gasteiger charge is -2.43. The first-order valence-electron chi connectivity index (χ1n) is 8.95. The molecule has 4 rings (SSSR count). The maximum atomic E-state index is 11.2. The normalized spacial score (nSPS) is 27.2. The number of hydrogen-bond donors (Lipinski definition) is 4. The maximum Gasteiger partial charge on any atom is 0.404 e. The first kappa shape index (κ1) is 17.6. The molecule has 0 saturated heterocycles. The fourth-order valence-corrected chi connectivity index (χ4v) is 3.93. The van der Waals surface area contributed by atoms with Crippen molar-refractivity contribution < 1.29 is 24.5 Å². The molecule has 1 fully saturated rings. The van der Waals surface area contributed by atoms with Crippen molar-refractivity contribution in [1.29, 1.82) is 0 Å². The summed E-state index contributed by atoms with van der Waals surface area (Å²) < 4.78 is 11.0. The van der Waals surface area contributed by atoms with Crippen molar-refractivity contribution in [3.8, 4) is 11.6 Å². The molecule has 0 aromatic carbocycles. The first-order valence-corrected chi connectivity index (χ1v) is 8.95. The van der Waals surface area contributed by atoms with Crippen LogP contribution in [0.15, 0.2) is 18.3 Å². The third kappa shape index (κ3) is 3.30. The Morgan fingerprint density at radius 1 is 1.37 bits per heavy atom. The molecule has 0 radical (unpaired) electrons. The second-order valence-corrected chi connectivity index (χ2v) is 7.05. The van der Waals surface area contributed by atoms with Crippen molar-refractivity contribution in [3.05, 3.63) is 18.3 Å². The minimum absolute atomic E-state index is 0.0636. The highest BCUT2D eigenvalue weighted by atomic mass is 16.5. The highest BCUT2D eigenvalue weighted by Gasteiger charge is 2.43. The summed E-state index contributed by atoms with van der Waals surface area (Å²) in [5.41, 5.74) is 0.592. The van der Waals surface area contributed by atoms with Crippen molar-refractivity contribution in [2.75, 3.05) is 19.0 Å². The standard InChI is InChI=1S/C18H22N4O5/c1-26-14-7-6-12-15(21-14)16-13(8-19-12)27-9-18(25,22-16)10-2-4-11(5-3-10)20-17(23)24/h6-8,10-11,20,22,25H,2-5,9H2,1H3,(H,23,24). The quantitative estimate of drug-likeness (QED) is 0.642. The Morgan fingerprint density at radius 2 is 2.15 bits per heavy atom. The van der Waals surface area contributed by atoms with Gasteiger partial charge in [0.05, 0.1) is 18.8 Å².